The van der Waals surface area contributed by atoms with E-state index >= 15 is 0 Å². The highest BCUT2D eigenvalue weighted by atomic mass is 35.5. The molecular formula is C20H20ClNO3. The third kappa shape index (κ3) is 3.64. The third-order valence-electron chi connectivity index (χ3n) is 4.30. The number of methoxy groups -OCH3 is 2. The number of halogens is 1. The first-order valence-corrected chi connectivity index (χ1v) is 8.47. The number of rotatable bonds is 6. The molecule has 0 heterocycles. The molecule has 0 aliphatic heterocycles. The molecule has 5 heteroatoms. The van der Waals surface area contributed by atoms with Gasteiger partial charge in [0.2, 0.25) is 0 Å². The molecule has 25 heavy (non-hydrogen) atoms. The number of hydrogen-bond acceptors (Lipinski definition) is 4. The van der Waals surface area contributed by atoms with Gasteiger partial charge < -0.3 is 14.8 Å². The van der Waals surface area contributed by atoms with Gasteiger partial charge in [-0.3, -0.25) is 4.79 Å². The number of carbonyl (C=O) groups is 1. The van der Waals surface area contributed by atoms with E-state index in [4.69, 9.17) is 21.1 Å². The lowest BCUT2D eigenvalue weighted by molar-refractivity contribution is 0.103. The first-order valence-electron chi connectivity index (χ1n) is 8.09. The van der Waals surface area contributed by atoms with E-state index in [-0.39, 0.29) is 5.78 Å². The van der Waals surface area contributed by atoms with Crippen LogP contribution in [0.1, 0.15) is 21.5 Å². The zero-order valence-electron chi connectivity index (χ0n) is 14.3. The van der Waals surface area contributed by atoms with Crippen molar-refractivity contribution in [3.8, 4) is 11.5 Å². The maximum Gasteiger partial charge on any atom is 0.191 e. The standard InChI is InChI=1S/C20H20ClNO3/c1-24-18-7-6-13(10-19(18)25-2)8-9-22-12-14-11-16-15(20(14)23)4-3-5-17(16)21/h3-7,10,12,22H,8-9,11H2,1-2H3. The summed E-state index contributed by atoms with van der Waals surface area (Å²) in [6, 6.07) is 11.3. The first-order chi connectivity index (χ1) is 12.1. The van der Waals surface area contributed by atoms with Crippen LogP contribution in [0.5, 0.6) is 11.5 Å². The Morgan fingerprint density at radius 2 is 1.96 bits per heavy atom. The second-order valence-electron chi connectivity index (χ2n) is 5.83. The molecule has 0 saturated carbocycles. The highest BCUT2D eigenvalue weighted by Crippen LogP contribution is 2.31. The summed E-state index contributed by atoms with van der Waals surface area (Å²) in [5.41, 5.74) is 3.51. The summed E-state index contributed by atoms with van der Waals surface area (Å²) in [6.45, 7) is 0.719. The first kappa shape index (κ1) is 17.4. The van der Waals surface area contributed by atoms with Crippen LogP contribution < -0.4 is 14.8 Å². The number of benzene rings is 2. The Labute approximate surface area is 152 Å². The van der Waals surface area contributed by atoms with E-state index in [1.165, 1.54) is 0 Å². The zero-order chi connectivity index (χ0) is 17.8. The summed E-state index contributed by atoms with van der Waals surface area (Å²) >= 11 is 6.17. The summed E-state index contributed by atoms with van der Waals surface area (Å²) in [4.78, 5) is 12.4. The number of ketones is 1. The maximum absolute atomic E-state index is 12.4. The Bertz CT molecular complexity index is 830. The molecule has 0 atom stereocenters. The molecule has 0 spiro atoms. The largest absolute Gasteiger partial charge is 0.493 e. The molecule has 0 amide bonds. The van der Waals surface area contributed by atoms with Gasteiger partial charge in [-0.2, -0.15) is 0 Å². The molecule has 0 fully saturated rings. The highest BCUT2D eigenvalue weighted by molar-refractivity contribution is 6.32. The van der Waals surface area contributed by atoms with Gasteiger partial charge in [0.15, 0.2) is 17.3 Å². The van der Waals surface area contributed by atoms with Crippen LogP contribution in [0.3, 0.4) is 0 Å². The molecule has 1 aliphatic rings. The summed E-state index contributed by atoms with van der Waals surface area (Å²) in [5, 5.41) is 3.88. The second-order valence-corrected chi connectivity index (χ2v) is 6.24. The van der Waals surface area contributed by atoms with Gasteiger partial charge in [0.05, 0.1) is 14.2 Å². The lowest BCUT2D eigenvalue weighted by atomic mass is 10.1. The number of ether oxygens (including phenoxy) is 2. The van der Waals surface area contributed by atoms with Gasteiger partial charge in [-0.15, -0.1) is 0 Å². The Kier molecular flexibility index (Phi) is 5.29. The minimum absolute atomic E-state index is 0.0520. The molecule has 130 valence electrons. The maximum atomic E-state index is 12.4. The fourth-order valence-corrected chi connectivity index (χ4v) is 3.20. The van der Waals surface area contributed by atoms with Crippen molar-refractivity contribution in [3.63, 3.8) is 0 Å². The molecule has 2 aromatic carbocycles. The van der Waals surface area contributed by atoms with Crippen LogP contribution in [0.25, 0.3) is 0 Å². The molecule has 0 bridgehead atoms. The second kappa shape index (κ2) is 7.62. The lowest BCUT2D eigenvalue weighted by Gasteiger charge is -2.09. The van der Waals surface area contributed by atoms with Gasteiger partial charge in [0.1, 0.15) is 0 Å². The Morgan fingerprint density at radius 1 is 1.16 bits per heavy atom. The number of carbonyl (C=O) groups excluding carboxylic acids is 1. The fraction of sp³-hybridized carbons (Fsp3) is 0.250. The number of hydrogen-bond donors (Lipinski definition) is 1. The molecule has 0 radical (unpaired) electrons. The topological polar surface area (TPSA) is 47.6 Å². The fourth-order valence-electron chi connectivity index (χ4n) is 2.96. The van der Waals surface area contributed by atoms with Crippen LogP contribution in [0, 0.1) is 0 Å². The molecule has 2 aromatic rings. The van der Waals surface area contributed by atoms with Crippen molar-refractivity contribution in [2.24, 2.45) is 0 Å². The van der Waals surface area contributed by atoms with Crippen molar-refractivity contribution in [2.75, 3.05) is 20.8 Å². The van der Waals surface area contributed by atoms with Crippen LogP contribution >= 0.6 is 11.6 Å². The molecular weight excluding hydrogens is 338 g/mol. The summed E-state index contributed by atoms with van der Waals surface area (Å²) in [5.74, 6) is 1.48. The zero-order valence-corrected chi connectivity index (χ0v) is 15.0. The Balaban J connectivity index is 1.60. The van der Waals surface area contributed by atoms with Gasteiger partial charge in [-0.25, -0.2) is 0 Å². The van der Waals surface area contributed by atoms with Crippen LogP contribution in [-0.2, 0) is 12.8 Å². The van der Waals surface area contributed by atoms with Gasteiger partial charge in [-0.05, 0) is 35.7 Å². The normalized spacial score (nSPS) is 14.5. The molecule has 0 unspecified atom stereocenters. The van der Waals surface area contributed by atoms with Crippen LogP contribution in [-0.4, -0.2) is 26.5 Å². The number of fused-ring (bicyclic) bond motifs is 1. The Morgan fingerprint density at radius 3 is 2.68 bits per heavy atom. The molecule has 4 nitrogen and oxygen atoms in total. The minimum atomic E-state index is 0.0520. The summed E-state index contributed by atoms with van der Waals surface area (Å²) in [7, 11) is 3.24. The minimum Gasteiger partial charge on any atom is -0.493 e. The average molecular weight is 358 g/mol. The third-order valence-corrected chi connectivity index (χ3v) is 4.66. The predicted molar refractivity (Wildman–Crippen MR) is 98.8 cm³/mol. The van der Waals surface area contributed by atoms with E-state index < -0.39 is 0 Å². The molecule has 0 saturated heterocycles. The van der Waals surface area contributed by atoms with Crippen molar-refractivity contribution in [3.05, 3.63) is 69.9 Å². The lowest BCUT2D eigenvalue weighted by Crippen LogP contribution is -2.12. The molecule has 0 aromatic heterocycles. The van der Waals surface area contributed by atoms with Gasteiger partial charge in [0, 0.05) is 35.3 Å². The van der Waals surface area contributed by atoms with E-state index in [9.17, 15) is 4.79 Å². The van der Waals surface area contributed by atoms with Crippen LogP contribution in [0.2, 0.25) is 5.02 Å². The summed E-state index contributed by atoms with van der Waals surface area (Å²) in [6.07, 6.45) is 3.20. The SMILES string of the molecule is COc1ccc(CCNC=C2Cc3c(Cl)cccc3C2=O)cc1OC. The monoisotopic (exact) mass is 357 g/mol. The van der Waals surface area contributed by atoms with E-state index in [1.54, 1.807) is 20.4 Å². The van der Waals surface area contributed by atoms with Crippen LogP contribution in [0.4, 0.5) is 0 Å². The smallest absolute Gasteiger partial charge is 0.191 e. The van der Waals surface area contributed by atoms with Gasteiger partial charge in [0.25, 0.3) is 0 Å². The quantitative estimate of drug-likeness (QED) is 0.630. The van der Waals surface area contributed by atoms with Gasteiger partial charge in [-0.1, -0.05) is 29.8 Å². The van der Waals surface area contributed by atoms with Crippen molar-refractivity contribution < 1.29 is 14.3 Å². The van der Waals surface area contributed by atoms with Crippen molar-refractivity contribution >= 4 is 17.4 Å². The van der Waals surface area contributed by atoms with E-state index in [2.05, 4.69) is 5.32 Å². The van der Waals surface area contributed by atoms with Crippen molar-refractivity contribution in [1.82, 2.24) is 5.32 Å². The molecule has 3 rings (SSSR count). The van der Waals surface area contributed by atoms with Gasteiger partial charge >= 0.3 is 0 Å². The van der Waals surface area contributed by atoms with Crippen LogP contribution in [0.15, 0.2) is 48.2 Å². The Hall–Kier alpha value is -2.46. The van der Waals surface area contributed by atoms with E-state index in [0.717, 1.165) is 35.4 Å². The molecule has 1 N–H and O–H groups in total. The highest BCUT2D eigenvalue weighted by Gasteiger charge is 2.26. The van der Waals surface area contributed by atoms with E-state index in [1.807, 2.05) is 36.4 Å². The van der Waals surface area contributed by atoms with Crippen molar-refractivity contribution in [2.45, 2.75) is 12.8 Å². The van der Waals surface area contributed by atoms with Crippen molar-refractivity contribution in [1.29, 1.82) is 0 Å². The number of allylic oxidation sites excluding steroid dienone is 1. The predicted octanol–water partition coefficient (Wildman–Crippen LogP) is 3.81. The number of nitrogens with one attached hydrogen (secondary N) is 1. The average Bonchev–Trinajstić information content (AvgIpc) is 2.96. The summed E-state index contributed by atoms with van der Waals surface area (Å²) < 4.78 is 10.5. The molecule has 1 aliphatic carbocycles. The number of Topliss-reactive ketones (excluding diaryl/α,β-unsaturated/α-hetero) is 1. The van der Waals surface area contributed by atoms with E-state index in [0.29, 0.717) is 22.8 Å².